The lowest BCUT2D eigenvalue weighted by Crippen LogP contribution is -2.47. The highest BCUT2D eigenvalue weighted by molar-refractivity contribution is 5.69. The molecule has 3 aromatic carbocycles. The minimum atomic E-state index is -0.878. The van der Waals surface area contributed by atoms with Crippen LogP contribution in [0.2, 0.25) is 0 Å². The lowest BCUT2D eigenvalue weighted by Gasteiger charge is -2.44. The quantitative estimate of drug-likeness (QED) is 0.613. The zero-order chi connectivity index (χ0) is 21.8. The van der Waals surface area contributed by atoms with Gasteiger partial charge in [0.15, 0.2) is 0 Å². The lowest BCUT2D eigenvalue weighted by atomic mass is 9.84. The van der Waals surface area contributed by atoms with Crippen molar-refractivity contribution in [2.45, 2.75) is 24.5 Å². The summed E-state index contributed by atoms with van der Waals surface area (Å²) in [6, 6.07) is 20.7. The fourth-order valence-electron chi connectivity index (χ4n) is 4.14. The summed E-state index contributed by atoms with van der Waals surface area (Å²) in [5, 5.41) is 19.5. The zero-order valence-electron chi connectivity index (χ0n) is 17.0. The van der Waals surface area contributed by atoms with Crippen LogP contribution in [0.25, 0.3) is 11.1 Å². The van der Waals surface area contributed by atoms with Crippen LogP contribution >= 0.6 is 0 Å². The van der Waals surface area contributed by atoms with Crippen LogP contribution in [0.4, 0.5) is 14.5 Å². The van der Waals surface area contributed by atoms with E-state index in [1.54, 1.807) is 6.07 Å². The lowest BCUT2D eigenvalue weighted by molar-refractivity contribution is -0.107. The molecular weight excluding hydrogens is 400 g/mol. The van der Waals surface area contributed by atoms with Gasteiger partial charge >= 0.3 is 0 Å². The Balaban J connectivity index is 1.56. The SMILES string of the molecule is OC[C@H](O)C[C@]1(c2ccccc2)CCN(c2cccc(-c3ccc(F)cc3F)c2)CO1. The second-order valence-electron chi connectivity index (χ2n) is 7.86. The number of hydrogen-bond acceptors (Lipinski definition) is 4. The van der Waals surface area contributed by atoms with E-state index in [-0.39, 0.29) is 13.3 Å². The smallest absolute Gasteiger partial charge is 0.133 e. The van der Waals surface area contributed by atoms with E-state index >= 15 is 0 Å². The summed E-state index contributed by atoms with van der Waals surface area (Å²) in [5.74, 6) is -1.21. The second-order valence-corrected chi connectivity index (χ2v) is 7.86. The number of ether oxygens (including phenoxy) is 1. The summed E-state index contributed by atoms with van der Waals surface area (Å²) in [4.78, 5) is 2.04. The Morgan fingerprint density at radius 2 is 1.81 bits per heavy atom. The Morgan fingerprint density at radius 3 is 2.48 bits per heavy atom. The van der Waals surface area contributed by atoms with Crippen molar-refractivity contribution in [1.82, 2.24) is 0 Å². The molecule has 162 valence electrons. The number of nitrogens with zero attached hydrogens (tertiary/aromatic N) is 1. The molecule has 1 fully saturated rings. The van der Waals surface area contributed by atoms with Gasteiger partial charge in [0, 0.05) is 30.3 Å². The van der Waals surface area contributed by atoms with Crippen molar-refractivity contribution >= 4 is 5.69 Å². The van der Waals surface area contributed by atoms with Gasteiger partial charge in [-0.15, -0.1) is 0 Å². The summed E-state index contributed by atoms with van der Waals surface area (Å²) in [7, 11) is 0. The van der Waals surface area contributed by atoms with Crippen LogP contribution in [0, 0.1) is 11.6 Å². The predicted octanol–water partition coefficient (Wildman–Crippen LogP) is 4.45. The molecule has 3 aromatic rings. The molecule has 6 heteroatoms. The third-order valence-corrected chi connectivity index (χ3v) is 5.81. The first-order valence-electron chi connectivity index (χ1n) is 10.3. The molecule has 0 aliphatic carbocycles. The van der Waals surface area contributed by atoms with E-state index in [0.29, 0.717) is 30.5 Å². The highest BCUT2D eigenvalue weighted by atomic mass is 19.1. The molecule has 4 nitrogen and oxygen atoms in total. The second kappa shape index (κ2) is 9.14. The fraction of sp³-hybridized carbons (Fsp3) is 0.280. The molecular formula is C25H25F2NO3. The van der Waals surface area contributed by atoms with Crippen molar-refractivity contribution in [3.05, 3.63) is 90.0 Å². The maximum Gasteiger partial charge on any atom is 0.133 e. The molecule has 0 saturated carbocycles. The van der Waals surface area contributed by atoms with Gasteiger partial charge in [0.25, 0.3) is 0 Å². The van der Waals surface area contributed by atoms with Crippen molar-refractivity contribution in [2.24, 2.45) is 0 Å². The van der Waals surface area contributed by atoms with E-state index < -0.39 is 23.3 Å². The van der Waals surface area contributed by atoms with Gasteiger partial charge in [-0.25, -0.2) is 8.78 Å². The van der Waals surface area contributed by atoms with Gasteiger partial charge in [-0.3, -0.25) is 0 Å². The third kappa shape index (κ3) is 4.61. The number of anilines is 1. The predicted molar refractivity (Wildman–Crippen MR) is 116 cm³/mol. The average Bonchev–Trinajstić information content (AvgIpc) is 2.80. The Kier molecular flexibility index (Phi) is 6.32. The van der Waals surface area contributed by atoms with E-state index in [0.717, 1.165) is 17.3 Å². The molecule has 0 aromatic heterocycles. The molecule has 0 amide bonds. The van der Waals surface area contributed by atoms with Crippen LogP contribution in [0.15, 0.2) is 72.8 Å². The van der Waals surface area contributed by atoms with Crippen LogP contribution in [0.3, 0.4) is 0 Å². The van der Waals surface area contributed by atoms with Crippen molar-refractivity contribution in [3.8, 4) is 11.1 Å². The Morgan fingerprint density at radius 1 is 1.00 bits per heavy atom. The van der Waals surface area contributed by atoms with E-state index in [2.05, 4.69) is 0 Å². The minimum absolute atomic E-state index is 0.280. The summed E-state index contributed by atoms with van der Waals surface area (Å²) in [6.45, 7) is 0.609. The van der Waals surface area contributed by atoms with Crippen LogP contribution in [0.1, 0.15) is 18.4 Å². The minimum Gasteiger partial charge on any atom is -0.394 e. The molecule has 2 atom stereocenters. The van der Waals surface area contributed by atoms with E-state index in [4.69, 9.17) is 4.74 Å². The molecule has 1 aliphatic heterocycles. The van der Waals surface area contributed by atoms with Crippen molar-refractivity contribution in [1.29, 1.82) is 0 Å². The molecule has 4 rings (SSSR count). The number of benzene rings is 3. The average molecular weight is 425 g/mol. The highest BCUT2D eigenvalue weighted by Gasteiger charge is 2.39. The molecule has 0 unspecified atom stereocenters. The highest BCUT2D eigenvalue weighted by Crippen LogP contribution is 2.39. The van der Waals surface area contributed by atoms with Crippen molar-refractivity contribution in [3.63, 3.8) is 0 Å². The number of hydrogen-bond donors (Lipinski definition) is 2. The third-order valence-electron chi connectivity index (χ3n) is 5.81. The van der Waals surface area contributed by atoms with Crippen LogP contribution < -0.4 is 4.90 Å². The Labute approximate surface area is 180 Å². The number of aliphatic hydroxyl groups is 2. The molecule has 31 heavy (non-hydrogen) atoms. The first-order chi connectivity index (χ1) is 15.0. The van der Waals surface area contributed by atoms with Crippen molar-refractivity contribution in [2.75, 3.05) is 24.8 Å². The number of aliphatic hydroxyl groups excluding tert-OH is 2. The van der Waals surface area contributed by atoms with Gasteiger partial charge in [0.05, 0.1) is 18.3 Å². The van der Waals surface area contributed by atoms with Gasteiger partial charge in [0.2, 0.25) is 0 Å². The van der Waals surface area contributed by atoms with Gasteiger partial charge in [-0.05, 0) is 41.8 Å². The summed E-state index contributed by atoms with van der Waals surface area (Å²) in [6.07, 6.45) is 0.0299. The van der Waals surface area contributed by atoms with Crippen molar-refractivity contribution < 1.29 is 23.7 Å². The number of rotatable bonds is 6. The van der Waals surface area contributed by atoms with Crippen LogP contribution in [-0.4, -0.2) is 36.2 Å². The molecule has 0 spiro atoms. The standard InChI is InChI=1S/C25H25F2NO3/c26-20-9-10-23(24(27)14-20)18-5-4-8-21(13-18)28-12-11-25(31-17-28,15-22(30)16-29)19-6-2-1-3-7-19/h1-10,13-14,22,29-30H,11-12,15-17H2/t22-,25+/m1/s1. The molecule has 1 heterocycles. The number of halogens is 2. The van der Waals surface area contributed by atoms with Gasteiger partial charge < -0.3 is 19.8 Å². The summed E-state index contributed by atoms with van der Waals surface area (Å²) >= 11 is 0. The van der Waals surface area contributed by atoms with Crippen LogP contribution in [0.5, 0.6) is 0 Å². The van der Waals surface area contributed by atoms with Gasteiger partial charge in [-0.2, -0.15) is 0 Å². The fourth-order valence-corrected chi connectivity index (χ4v) is 4.14. The Hall–Kier alpha value is -2.80. The van der Waals surface area contributed by atoms with E-state index in [9.17, 15) is 19.0 Å². The molecule has 2 N–H and O–H groups in total. The maximum atomic E-state index is 14.2. The summed E-state index contributed by atoms with van der Waals surface area (Å²) in [5.41, 5.74) is 2.13. The largest absolute Gasteiger partial charge is 0.394 e. The Bertz CT molecular complexity index is 1020. The van der Waals surface area contributed by atoms with E-state index in [1.807, 2.05) is 53.4 Å². The van der Waals surface area contributed by atoms with Gasteiger partial charge in [0.1, 0.15) is 18.4 Å². The zero-order valence-corrected chi connectivity index (χ0v) is 17.0. The van der Waals surface area contributed by atoms with Crippen LogP contribution in [-0.2, 0) is 10.3 Å². The monoisotopic (exact) mass is 425 g/mol. The first kappa shape index (κ1) is 21.4. The van der Waals surface area contributed by atoms with Gasteiger partial charge in [-0.1, -0.05) is 42.5 Å². The molecule has 0 bridgehead atoms. The molecule has 0 radical (unpaired) electrons. The normalized spacial score (nSPS) is 19.9. The topological polar surface area (TPSA) is 52.9 Å². The first-order valence-corrected chi connectivity index (χ1v) is 10.3. The van der Waals surface area contributed by atoms with E-state index in [1.165, 1.54) is 12.1 Å². The summed E-state index contributed by atoms with van der Waals surface area (Å²) < 4.78 is 33.8. The molecule has 1 aliphatic rings. The molecule has 1 saturated heterocycles. The maximum absolute atomic E-state index is 14.2.